The first kappa shape index (κ1) is 16.5. The number of likely N-dealkylation sites (tertiary alicyclic amines) is 1. The predicted octanol–water partition coefficient (Wildman–Crippen LogP) is 2.44. The van der Waals surface area contributed by atoms with Crippen molar-refractivity contribution in [3.63, 3.8) is 0 Å². The maximum absolute atomic E-state index is 12.0. The van der Waals surface area contributed by atoms with Crippen LogP contribution >= 0.6 is 0 Å². The van der Waals surface area contributed by atoms with E-state index in [-0.39, 0.29) is 12.6 Å². The summed E-state index contributed by atoms with van der Waals surface area (Å²) in [6.45, 7) is 5.33. The highest BCUT2D eigenvalue weighted by molar-refractivity contribution is 5.92. The van der Waals surface area contributed by atoms with E-state index in [0.717, 1.165) is 4.90 Å². The minimum absolute atomic E-state index is 0.125. The fraction of sp³-hybridized carbons (Fsp3) is 0.692. The Morgan fingerprint density at radius 3 is 2.35 bits per heavy atom. The van der Waals surface area contributed by atoms with Gasteiger partial charge in [0.25, 0.3) is 0 Å². The Bertz CT molecular complexity index is 410. The summed E-state index contributed by atoms with van der Waals surface area (Å²) >= 11 is 0. The average molecular weight is 293 g/mol. The summed E-state index contributed by atoms with van der Waals surface area (Å²) in [5.74, 6) is -1.40. The van der Waals surface area contributed by atoms with Gasteiger partial charge < -0.3 is 9.64 Å². The molecule has 114 valence electrons. The van der Waals surface area contributed by atoms with Crippen LogP contribution in [0.4, 0.5) is 13.2 Å². The lowest BCUT2D eigenvalue weighted by atomic mass is 10.1. The summed E-state index contributed by atoms with van der Waals surface area (Å²) in [7, 11) is 0. The van der Waals surface area contributed by atoms with Crippen molar-refractivity contribution >= 4 is 11.9 Å². The number of amides is 1. The van der Waals surface area contributed by atoms with E-state index in [1.165, 1.54) is 0 Å². The molecule has 0 unspecified atom stereocenters. The summed E-state index contributed by atoms with van der Waals surface area (Å²) in [5.41, 5.74) is -0.698. The number of rotatable bonds is 2. The topological polar surface area (TPSA) is 46.6 Å². The van der Waals surface area contributed by atoms with Crippen LogP contribution in [0.15, 0.2) is 12.2 Å². The maximum atomic E-state index is 12.0. The van der Waals surface area contributed by atoms with Crippen LogP contribution in [0, 0.1) is 0 Å². The fourth-order valence-corrected chi connectivity index (χ4v) is 1.91. The Kier molecular flexibility index (Phi) is 4.83. The van der Waals surface area contributed by atoms with Gasteiger partial charge in [-0.15, -0.1) is 0 Å². The van der Waals surface area contributed by atoms with Crippen molar-refractivity contribution in [1.82, 2.24) is 4.90 Å². The number of carbonyl (C=O) groups is 2. The molecule has 0 aromatic heterocycles. The van der Waals surface area contributed by atoms with Crippen molar-refractivity contribution < 1.29 is 27.5 Å². The molecule has 0 bridgehead atoms. The van der Waals surface area contributed by atoms with Crippen LogP contribution in [0.2, 0.25) is 0 Å². The molecule has 1 heterocycles. The molecular weight excluding hydrogens is 275 g/mol. The molecular formula is C13H18F3NO3. The molecule has 0 N–H and O–H groups in total. The molecule has 0 aromatic carbocycles. The van der Waals surface area contributed by atoms with Gasteiger partial charge in [-0.25, -0.2) is 4.79 Å². The molecule has 1 atom stereocenters. The minimum Gasteiger partial charge on any atom is -0.458 e. The molecule has 1 fully saturated rings. The van der Waals surface area contributed by atoms with Gasteiger partial charge in [0.2, 0.25) is 5.91 Å². The quantitative estimate of drug-likeness (QED) is 0.580. The van der Waals surface area contributed by atoms with Gasteiger partial charge in [0, 0.05) is 18.7 Å². The van der Waals surface area contributed by atoms with Gasteiger partial charge >= 0.3 is 12.1 Å². The van der Waals surface area contributed by atoms with Gasteiger partial charge in [-0.1, -0.05) is 0 Å². The summed E-state index contributed by atoms with van der Waals surface area (Å²) in [6.07, 6.45) is -3.25. The molecule has 0 saturated carbocycles. The second kappa shape index (κ2) is 5.85. The van der Waals surface area contributed by atoms with Crippen molar-refractivity contribution in [2.45, 2.75) is 51.4 Å². The second-order valence-electron chi connectivity index (χ2n) is 5.60. The smallest absolute Gasteiger partial charge is 0.409 e. The number of ether oxygens (including phenoxy) is 1. The predicted molar refractivity (Wildman–Crippen MR) is 65.8 cm³/mol. The maximum Gasteiger partial charge on any atom is 0.409 e. The molecule has 1 aliphatic heterocycles. The second-order valence-corrected chi connectivity index (χ2v) is 5.60. The van der Waals surface area contributed by atoms with Crippen LogP contribution in [-0.4, -0.2) is 41.1 Å². The van der Waals surface area contributed by atoms with Crippen LogP contribution in [0.5, 0.6) is 0 Å². The SMILES string of the molecule is CC(C)(C)OC(=O)[C@@H]1CCCN1C(=O)C=CC(F)(F)F. The number of allylic oxidation sites excluding steroid dienone is 1. The molecule has 0 spiro atoms. The van der Waals surface area contributed by atoms with Gasteiger partial charge in [-0.05, 0) is 33.6 Å². The standard InChI is InChI=1S/C13H18F3NO3/c1-12(2,3)20-11(19)9-5-4-8-17(9)10(18)6-7-13(14,15)16/h6-7,9H,4-5,8H2,1-3H3/t9-/m0/s1. The molecule has 7 heteroatoms. The Morgan fingerprint density at radius 2 is 1.85 bits per heavy atom. The van der Waals surface area contributed by atoms with Crippen LogP contribution < -0.4 is 0 Å². The van der Waals surface area contributed by atoms with Gasteiger partial charge in [0.15, 0.2) is 0 Å². The molecule has 20 heavy (non-hydrogen) atoms. The Hall–Kier alpha value is -1.53. The lowest BCUT2D eigenvalue weighted by molar-refractivity contribution is -0.162. The van der Waals surface area contributed by atoms with Gasteiger partial charge in [0.1, 0.15) is 11.6 Å². The summed E-state index contributed by atoms with van der Waals surface area (Å²) in [4.78, 5) is 24.7. The highest BCUT2D eigenvalue weighted by Crippen LogP contribution is 2.22. The van der Waals surface area contributed by atoms with E-state index in [0.29, 0.717) is 18.9 Å². The highest BCUT2D eigenvalue weighted by Gasteiger charge is 2.36. The molecule has 0 radical (unpaired) electrons. The van der Waals surface area contributed by atoms with Crippen LogP contribution in [0.25, 0.3) is 0 Å². The zero-order valence-corrected chi connectivity index (χ0v) is 11.7. The molecule has 1 aliphatic rings. The first-order chi connectivity index (χ1) is 8.99. The number of carbonyl (C=O) groups excluding carboxylic acids is 2. The lowest BCUT2D eigenvalue weighted by Gasteiger charge is -2.26. The summed E-state index contributed by atoms with van der Waals surface area (Å²) in [5, 5.41) is 0. The first-order valence-corrected chi connectivity index (χ1v) is 6.29. The van der Waals surface area contributed by atoms with E-state index < -0.39 is 29.7 Å². The Balaban J connectivity index is 2.72. The number of alkyl halides is 3. The average Bonchev–Trinajstić information content (AvgIpc) is 2.71. The number of hydrogen-bond acceptors (Lipinski definition) is 3. The molecule has 1 amide bonds. The lowest BCUT2D eigenvalue weighted by Crippen LogP contribution is -2.43. The normalized spacial score (nSPS) is 20.5. The third kappa shape index (κ3) is 5.22. The van der Waals surface area contributed by atoms with E-state index in [1.54, 1.807) is 20.8 Å². The molecule has 1 rings (SSSR count). The third-order valence-corrected chi connectivity index (χ3v) is 2.63. The van der Waals surface area contributed by atoms with E-state index in [2.05, 4.69) is 0 Å². The monoisotopic (exact) mass is 293 g/mol. The zero-order valence-electron chi connectivity index (χ0n) is 11.7. The van der Waals surface area contributed by atoms with Crippen LogP contribution in [0.1, 0.15) is 33.6 Å². The van der Waals surface area contributed by atoms with Crippen molar-refractivity contribution in [3.8, 4) is 0 Å². The number of halogens is 3. The minimum atomic E-state index is -4.54. The van der Waals surface area contributed by atoms with Crippen molar-refractivity contribution in [3.05, 3.63) is 12.2 Å². The zero-order chi connectivity index (χ0) is 15.6. The van der Waals surface area contributed by atoms with Crippen LogP contribution in [0.3, 0.4) is 0 Å². The molecule has 4 nitrogen and oxygen atoms in total. The number of esters is 1. The van der Waals surface area contributed by atoms with Crippen molar-refractivity contribution in [1.29, 1.82) is 0 Å². The number of hydrogen-bond donors (Lipinski definition) is 0. The Labute approximate surface area is 115 Å². The summed E-state index contributed by atoms with van der Waals surface area (Å²) in [6, 6.07) is -0.806. The molecule has 1 saturated heterocycles. The van der Waals surface area contributed by atoms with E-state index in [4.69, 9.17) is 4.74 Å². The highest BCUT2D eigenvalue weighted by atomic mass is 19.4. The number of nitrogens with zero attached hydrogens (tertiary/aromatic N) is 1. The van der Waals surface area contributed by atoms with E-state index >= 15 is 0 Å². The van der Waals surface area contributed by atoms with Gasteiger partial charge in [-0.2, -0.15) is 13.2 Å². The Morgan fingerprint density at radius 1 is 1.25 bits per heavy atom. The largest absolute Gasteiger partial charge is 0.458 e. The first-order valence-electron chi connectivity index (χ1n) is 6.29. The van der Waals surface area contributed by atoms with Gasteiger partial charge in [0.05, 0.1) is 0 Å². The molecule has 0 aliphatic carbocycles. The van der Waals surface area contributed by atoms with Crippen molar-refractivity contribution in [2.75, 3.05) is 6.54 Å². The molecule has 0 aromatic rings. The fourth-order valence-electron chi connectivity index (χ4n) is 1.91. The third-order valence-electron chi connectivity index (χ3n) is 2.63. The summed E-state index contributed by atoms with van der Waals surface area (Å²) < 4.78 is 41.3. The van der Waals surface area contributed by atoms with E-state index in [9.17, 15) is 22.8 Å². The van der Waals surface area contributed by atoms with E-state index in [1.807, 2.05) is 0 Å². The van der Waals surface area contributed by atoms with Crippen molar-refractivity contribution in [2.24, 2.45) is 0 Å². The van der Waals surface area contributed by atoms with Gasteiger partial charge in [-0.3, -0.25) is 4.79 Å². The van der Waals surface area contributed by atoms with Crippen LogP contribution in [-0.2, 0) is 14.3 Å².